The van der Waals surface area contributed by atoms with Crippen molar-refractivity contribution >= 4 is 28.8 Å². The van der Waals surface area contributed by atoms with Crippen LogP contribution in [0.15, 0.2) is 47.8 Å². The van der Waals surface area contributed by atoms with E-state index in [-0.39, 0.29) is 11.8 Å². The Morgan fingerprint density at radius 3 is 2.35 bits per heavy atom. The third kappa shape index (κ3) is 5.57. The molecule has 0 radical (unpaired) electrons. The molecule has 0 spiro atoms. The van der Waals surface area contributed by atoms with Gasteiger partial charge in [0, 0.05) is 49.7 Å². The van der Waals surface area contributed by atoms with Crippen molar-refractivity contribution in [1.82, 2.24) is 15.8 Å². The molecule has 2 aromatic rings. The summed E-state index contributed by atoms with van der Waals surface area (Å²) in [4.78, 5) is 29.3. The molecule has 0 bridgehead atoms. The molecular weight excluding hydrogens is 348 g/mol. The van der Waals surface area contributed by atoms with Crippen LogP contribution in [0.4, 0.5) is 5.69 Å². The van der Waals surface area contributed by atoms with Crippen molar-refractivity contribution in [2.24, 2.45) is 0 Å². The van der Waals surface area contributed by atoms with Gasteiger partial charge in [-0.25, -0.2) is 0 Å². The number of nitrogens with zero attached hydrogens (tertiary/aromatic N) is 2. The number of hydrazine groups is 1. The van der Waals surface area contributed by atoms with Crippen molar-refractivity contribution in [2.75, 3.05) is 37.6 Å². The molecule has 2 heterocycles. The number of anilines is 1. The summed E-state index contributed by atoms with van der Waals surface area (Å²) in [5.41, 5.74) is 6.23. The summed E-state index contributed by atoms with van der Waals surface area (Å²) in [6.45, 7) is 4.50. The van der Waals surface area contributed by atoms with Gasteiger partial charge in [0.15, 0.2) is 0 Å². The van der Waals surface area contributed by atoms with E-state index in [1.54, 1.807) is 0 Å². The van der Waals surface area contributed by atoms with Crippen LogP contribution in [0.3, 0.4) is 0 Å². The lowest BCUT2D eigenvalue weighted by molar-refractivity contribution is -0.128. The number of rotatable bonds is 6. The Morgan fingerprint density at radius 1 is 0.923 bits per heavy atom. The molecular formula is C19H24N4O2S. The summed E-state index contributed by atoms with van der Waals surface area (Å²) in [6, 6.07) is 14.2. The number of hydrogen-bond acceptors (Lipinski definition) is 5. The third-order valence-electron chi connectivity index (χ3n) is 4.40. The van der Waals surface area contributed by atoms with E-state index in [0.717, 1.165) is 31.1 Å². The maximum atomic E-state index is 11.9. The van der Waals surface area contributed by atoms with E-state index in [2.05, 4.69) is 44.9 Å². The minimum atomic E-state index is -0.197. The molecule has 138 valence electrons. The summed E-state index contributed by atoms with van der Waals surface area (Å²) in [5.74, 6) is -0.354. The molecule has 1 aliphatic rings. The zero-order chi connectivity index (χ0) is 18.2. The number of nitrogens with one attached hydrogen (secondary N) is 2. The highest BCUT2D eigenvalue weighted by Crippen LogP contribution is 2.15. The van der Waals surface area contributed by atoms with E-state index in [1.165, 1.54) is 17.0 Å². The molecule has 3 rings (SSSR count). The summed E-state index contributed by atoms with van der Waals surface area (Å²) in [5, 5.41) is 1.93. The van der Waals surface area contributed by atoms with E-state index >= 15 is 0 Å². The molecule has 1 aliphatic heterocycles. The maximum absolute atomic E-state index is 11.9. The quantitative estimate of drug-likeness (QED) is 0.757. The lowest BCUT2D eigenvalue weighted by atomic mass is 10.2. The molecule has 0 unspecified atom stereocenters. The number of thiophene rings is 1. The number of para-hydroxylation sites is 1. The van der Waals surface area contributed by atoms with Crippen LogP contribution < -0.4 is 15.8 Å². The fourth-order valence-corrected chi connectivity index (χ4v) is 3.65. The first kappa shape index (κ1) is 18.4. The molecule has 26 heavy (non-hydrogen) atoms. The van der Waals surface area contributed by atoms with Crippen molar-refractivity contribution in [2.45, 2.75) is 12.8 Å². The molecule has 1 saturated heterocycles. The molecule has 1 aromatic heterocycles. The highest BCUT2D eigenvalue weighted by molar-refractivity contribution is 7.10. The number of hydrogen-bond donors (Lipinski definition) is 2. The van der Waals surface area contributed by atoms with Crippen LogP contribution in [0.25, 0.3) is 0 Å². The monoisotopic (exact) mass is 372 g/mol. The molecule has 2 N–H and O–H groups in total. The van der Waals surface area contributed by atoms with Crippen LogP contribution in [0.1, 0.15) is 11.3 Å². The fraction of sp³-hybridized carbons (Fsp3) is 0.368. The SMILES string of the molecule is O=C(CCN1CCN(c2ccccc2)CC1)NNC(=O)Cc1cccs1. The first-order chi connectivity index (χ1) is 12.7. The highest BCUT2D eigenvalue weighted by atomic mass is 32.1. The zero-order valence-electron chi connectivity index (χ0n) is 14.7. The van der Waals surface area contributed by atoms with Gasteiger partial charge in [-0.2, -0.15) is 0 Å². The molecule has 6 nitrogen and oxygen atoms in total. The van der Waals surface area contributed by atoms with Crippen LogP contribution in [0, 0.1) is 0 Å². The lowest BCUT2D eigenvalue weighted by Crippen LogP contribution is -2.48. The minimum absolute atomic E-state index is 0.157. The van der Waals surface area contributed by atoms with E-state index in [4.69, 9.17) is 0 Å². The van der Waals surface area contributed by atoms with Crippen molar-refractivity contribution in [1.29, 1.82) is 0 Å². The van der Waals surface area contributed by atoms with Crippen LogP contribution in [-0.2, 0) is 16.0 Å². The predicted octanol–water partition coefficient (Wildman–Crippen LogP) is 1.65. The van der Waals surface area contributed by atoms with Gasteiger partial charge in [0.05, 0.1) is 6.42 Å². The van der Waals surface area contributed by atoms with Gasteiger partial charge >= 0.3 is 0 Å². The first-order valence-electron chi connectivity index (χ1n) is 8.83. The standard InChI is InChI=1S/C19H24N4O2S/c24-18(20-21-19(25)15-17-7-4-14-26-17)8-9-22-10-12-23(13-11-22)16-5-2-1-3-6-16/h1-7,14H,8-13,15H2,(H,20,24)(H,21,25). The summed E-state index contributed by atoms with van der Waals surface area (Å²) < 4.78 is 0. The average molecular weight is 372 g/mol. The normalized spacial score (nSPS) is 14.8. The molecule has 0 atom stereocenters. The molecule has 1 aromatic carbocycles. The van der Waals surface area contributed by atoms with Crippen molar-refractivity contribution < 1.29 is 9.59 Å². The highest BCUT2D eigenvalue weighted by Gasteiger charge is 2.17. The molecule has 0 saturated carbocycles. The van der Waals surface area contributed by atoms with Gasteiger partial charge in [0.25, 0.3) is 0 Å². The van der Waals surface area contributed by atoms with Gasteiger partial charge < -0.3 is 4.90 Å². The molecule has 0 aliphatic carbocycles. The van der Waals surface area contributed by atoms with E-state index in [0.29, 0.717) is 19.4 Å². The first-order valence-corrected chi connectivity index (χ1v) is 9.71. The second kappa shape index (κ2) is 9.35. The lowest BCUT2D eigenvalue weighted by Gasteiger charge is -2.36. The van der Waals surface area contributed by atoms with Crippen molar-refractivity contribution in [3.8, 4) is 0 Å². The van der Waals surface area contributed by atoms with Crippen molar-refractivity contribution in [3.05, 3.63) is 52.7 Å². The van der Waals surface area contributed by atoms with Crippen molar-refractivity contribution in [3.63, 3.8) is 0 Å². The van der Waals surface area contributed by atoms with Gasteiger partial charge in [-0.15, -0.1) is 11.3 Å². The second-order valence-corrected chi connectivity index (χ2v) is 7.30. The number of benzene rings is 1. The Labute approximate surface area is 157 Å². The van der Waals surface area contributed by atoms with Gasteiger partial charge in [0.2, 0.25) is 11.8 Å². The largest absolute Gasteiger partial charge is 0.369 e. The number of carbonyl (C=O) groups excluding carboxylic acids is 2. The maximum Gasteiger partial charge on any atom is 0.243 e. The zero-order valence-corrected chi connectivity index (χ0v) is 15.5. The Hall–Kier alpha value is -2.38. The van der Waals surface area contributed by atoms with Gasteiger partial charge in [0.1, 0.15) is 0 Å². The van der Waals surface area contributed by atoms with Crippen LogP contribution >= 0.6 is 11.3 Å². The molecule has 7 heteroatoms. The van der Waals surface area contributed by atoms with E-state index in [9.17, 15) is 9.59 Å². The minimum Gasteiger partial charge on any atom is -0.369 e. The number of amides is 2. The summed E-state index contributed by atoms with van der Waals surface area (Å²) >= 11 is 1.53. The van der Waals surface area contributed by atoms with Crippen LogP contribution in [0.5, 0.6) is 0 Å². The fourth-order valence-electron chi connectivity index (χ4n) is 2.95. The molecule has 1 fully saturated rings. The van der Waals surface area contributed by atoms with E-state index in [1.807, 2.05) is 23.6 Å². The van der Waals surface area contributed by atoms with Gasteiger partial charge in [-0.3, -0.25) is 25.3 Å². The topological polar surface area (TPSA) is 64.7 Å². The van der Waals surface area contributed by atoms with Crippen LogP contribution in [-0.4, -0.2) is 49.4 Å². The number of carbonyl (C=O) groups is 2. The smallest absolute Gasteiger partial charge is 0.243 e. The Kier molecular flexibility index (Phi) is 6.62. The van der Waals surface area contributed by atoms with Gasteiger partial charge in [-0.1, -0.05) is 24.3 Å². The Morgan fingerprint density at radius 2 is 1.65 bits per heavy atom. The molecule has 2 amide bonds. The summed E-state index contributed by atoms with van der Waals surface area (Å²) in [6.07, 6.45) is 0.671. The average Bonchev–Trinajstić information content (AvgIpc) is 3.19. The third-order valence-corrected chi connectivity index (χ3v) is 5.28. The second-order valence-electron chi connectivity index (χ2n) is 6.27. The predicted molar refractivity (Wildman–Crippen MR) is 104 cm³/mol. The Bertz CT molecular complexity index is 698. The summed E-state index contributed by atoms with van der Waals surface area (Å²) in [7, 11) is 0. The van der Waals surface area contributed by atoms with Crippen LogP contribution in [0.2, 0.25) is 0 Å². The van der Waals surface area contributed by atoms with Gasteiger partial charge in [-0.05, 0) is 23.6 Å². The number of piperazine rings is 1. The van der Waals surface area contributed by atoms with E-state index < -0.39 is 0 Å². The Balaban J connectivity index is 1.31.